The molecular weight excluding hydrogens is 290 g/mol. The van der Waals surface area contributed by atoms with Crippen molar-refractivity contribution in [3.8, 4) is 0 Å². The normalized spacial score (nSPS) is 12.0. The molecule has 6 heteroatoms. The van der Waals surface area contributed by atoms with E-state index >= 15 is 0 Å². The molecule has 0 saturated carbocycles. The lowest BCUT2D eigenvalue weighted by Gasteiger charge is -2.18. The number of hydrogen-bond donors (Lipinski definition) is 2. The molecule has 1 aromatic carbocycles. The van der Waals surface area contributed by atoms with Gasteiger partial charge in [-0.3, -0.25) is 14.5 Å². The van der Waals surface area contributed by atoms with Crippen LogP contribution in [-0.4, -0.2) is 42.9 Å². The van der Waals surface area contributed by atoms with Crippen molar-refractivity contribution in [2.45, 2.75) is 26.3 Å². The van der Waals surface area contributed by atoms with E-state index in [1.165, 1.54) is 0 Å². The average Bonchev–Trinajstić information content (AvgIpc) is 2.40. The molecule has 0 spiro atoms. The summed E-state index contributed by atoms with van der Waals surface area (Å²) in [5.74, 6) is -0.248. The van der Waals surface area contributed by atoms with Gasteiger partial charge in [-0.15, -0.1) is 0 Å². The van der Waals surface area contributed by atoms with E-state index < -0.39 is 0 Å². The Bertz CT molecular complexity index is 476. The number of anilines is 1. The molecule has 0 bridgehead atoms. The van der Waals surface area contributed by atoms with Crippen LogP contribution in [0.3, 0.4) is 0 Å². The van der Waals surface area contributed by atoms with E-state index in [9.17, 15) is 9.59 Å². The molecule has 2 N–H and O–H groups in total. The van der Waals surface area contributed by atoms with E-state index in [4.69, 9.17) is 11.6 Å². The smallest absolute Gasteiger partial charge is 0.238 e. The molecule has 2 amide bonds. The Labute approximate surface area is 130 Å². The molecule has 0 fully saturated rings. The first-order valence-corrected chi connectivity index (χ1v) is 7.31. The summed E-state index contributed by atoms with van der Waals surface area (Å²) in [5.41, 5.74) is 0.682. The van der Waals surface area contributed by atoms with E-state index in [1.807, 2.05) is 13.8 Å². The van der Waals surface area contributed by atoms with Gasteiger partial charge in [-0.2, -0.15) is 0 Å². The van der Waals surface area contributed by atoms with Crippen LogP contribution >= 0.6 is 11.6 Å². The van der Waals surface area contributed by atoms with Crippen molar-refractivity contribution < 1.29 is 9.59 Å². The number of nitrogens with zero attached hydrogens (tertiary/aromatic N) is 1. The highest BCUT2D eigenvalue weighted by Crippen LogP contribution is 2.13. The van der Waals surface area contributed by atoms with Crippen molar-refractivity contribution in [1.29, 1.82) is 0 Å². The Balaban J connectivity index is 2.36. The fraction of sp³-hybridized carbons (Fsp3) is 0.467. The number of amides is 2. The molecule has 0 aliphatic rings. The topological polar surface area (TPSA) is 61.4 Å². The summed E-state index contributed by atoms with van der Waals surface area (Å²) in [6.45, 7) is 4.30. The highest BCUT2D eigenvalue weighted by atomic mass is 35.5. The van der Waals surface area contributed by atoms with Gasteiger partial charge in [0.25, 0.3) is 0 Å². The van der Waals surface area contributed by atoms with Gasteiger partial charge in [0.2, 0.25) is 11.8 Å². The summed E-state index contributed by atoms with van der Waals surface area (Å²) in [7, 11) is 1.73. The molecule has 0 aromatic heterocycles. The van der Waals surface area contributed by atoms with Gasteiger partial charge in [-0.05, 0) is 44.7 Å². The van der Waals surface area contributed by atoms with Gasteiger partial charge in [-0.1, -0.05) is 18.5 Å². The maximum Gasteiger partial charge on any atom is 0.238 e. The zero-order valence-corrected chi connectivity index (χ0v) is 13.4. The minimum atomic E-state index is -0.170. The van der Waals surface area contributed by atoms with Crippen LogP contribution in [0, 0.1) is 0 Å². The lowest BCUT2D eigenvalue weighted by molar-refractivity contribution is -0.123. The standard InChI is InChI=1S/C15H22ClN3O2/c1-4-11(2)17-14(20)9-19(3)10-15(21)18-13-7-5-12(16)6-8-13/h5-8,11H,4,9-10H2,1-3H3,(H,17,20)(H,18,21)/t11-/m0/s1. The van der Waals surface area contributed by atoms with Crippen LogP contribution in [0.2, 0.25) is 5.02 Å². The van der Waals surface area contributed by atoms with Crippen LogP contribution in [-0.2, 0) is 9.59 Å². The van der Waals surface area contributed by atoms with Crippen molar-refractivity contribution in [1.82, 2.24) is 10.2 Å². The summed E-state index contributed by atoms with van der Waals surface area (Å²) >= 11 is 5.78. The van der Waals surface area contributed by atoms with Crippen molar-refractivity contribution in [2.75, 3.05) is 25.5 Å². The molecule has 0 aliphatic carbocycles. The summed E-state index contributed by atoms with van der Waals surface area (Å²) in [5, 5.41) is 6.23. The van der Waals surface area contributed by atoms with Crippen LogP contribution in [0.4, 0.5) is 5.69 Å². The number of nitrogens with one attached hydrogen (secondary N) is 2. The van der Waals surface area contributed by atoms with E-state index in [0.717, 1.165) is 6.42 Å². The first kappa shape index (κ1) is 17.5. The summed E-state index contributed by atoms with van der Waals surface area (Å²) in [6.07, 6.45) is 0.881. The second-order valence-corrected chi connectivity index (χ2v) is 5.54. The number of halogens is 1. The first-order chi connectivity index (χ1) is 9.90. The molecule has 1 atom stereocenters. The van der Waals surface area contributed by atoms with Crippen molar-refractivity contribution in [3.63, 3.8) is 0 Å². The largest absolute Gasteiger partial charge is 0.353 e. The molecule has 0 radical (unpaired) electrons. The Morgan fingerprint density at radius 2 is 1.76 bits per heavy atom. The van der Waals surface area contributed by atoms with E-state index in [1.54, 1.807) is 36.2 Å². The lowest BCUT2D eigenvalue weighted by atomic mass is 10.2. The third-order valence-corrected chi connectivity index (χ3v) is 3.23. The Morgan fingerprint density at radius 1 is 1.19 bits per heavy atom. The minimum absolute atomic E-state index is 0.0776. The third-order valence-electron chi connectivity index (χ3n) is 2.97. The molecule has 1 aromatic rings. The maximum absolute atomic E-state index is 11.9. The van der Waals surface area contributed by atoms with E-state index in [2.05, 4.69) is 10.6 Å². The van der Waals surface area contributed by atoms with Crippen LogP contribution in [0.5, 0.6) is 0 Å². The van der Waals surface area contributed by atoms with E-state index in [-0.39, 0.29) is 30.9 Å². The van der Waals surface area contributed by atoms with Gasteiger partial charge in [0.1, 0.15) is 0 Å². The second kappa shape index (κ2) is 8.64. The molecule has 5 nitrogen and oxygen atoms in total. The van der Waals surface area contributed by atoms with Crippen molar-refractivity contribution >= 4 is 29.1 Å². The monoisotopic (exact) mass is 311 g/mol. The molecule has 21 heavy (non-hydrogen) atoms. The van der Waals surface area contributed by atoms with Gasteiger partial charge in [-0.25, -0.2) is 0 Å². The van der Waals surface area contributed by atoms with E-state index in [0.29, 0.717) is 10.7 Å². The number of rotatable bonds is 7. The fourth-order valence-corrected chi connectivity index (χ4v) is 1.83. The predicted molar refractivity (Wildman–Crippen MR) is 85.5 cm³/mol. The quantitative estimate of drug-likeness (QED) is 0.811. The van der Waals surface area contributed by atoms with Crippen LogP contribution < -0.4 is 10.6 Å². The fourth-order valence-electron chi connectivity index (χ4n) is 1.70. The summed E-state index contributed by atoms with van der Waals surface area (Å²) in [6, 6.07) is 7.03. The highest BCUT2D eigenvalue weighted by Gasteiger charge is 2.12. The van der Waals surface area contributed by atoms with Crippen molar-refractivity contribution in [3.05, 3.63) is 29.3 Å². The molecule has 0 aliphatic heterocycles. The summed E-state index contributed by atoms with van der Waals surface area (Å²) in [4.78, 5) is 25.2. The van der Waals surface area contributed by atoms with Crippen LogP contribution in [0.1, 0.15) is 20.3 Å². The first-order valence-electron chi connectivity index (χ1n) is 6.94. The maximum atomic E-state index is 11.9. The van der Waals surface area contributed by atoms with Crippen molar-refractivity contribution in [2.24, 2.45) is 0 Å². The zero-order chi connectivity index (χ0) is 15.8. The molecule has 0 heterocycles. The van der Waals surface area contributed by atoms with Gasteiger partial charge in [0, 0.05) is 16.8 Å². The molecule has 0 saturated heterocycles. The number of carbonyl (C=O) groups is 2. The molecule has 116 valence electrons. The Kier molecular flexibility index (Phi) is 7.19. The average molecular weight is 312 g/mol. The lowest BCUT2D eigenvalue weighted by Crippen LogP contribution is -2.41. The molecule has 1 rings (SSSR count). The number of benzene rings is 1. The SMILES string of the molecule is CC[C@H](C)NC(=O)CN(C)CC(=O)Nc1ccc(Cl)cc1. The predicted octanol–water partition coefficient (Wildman–Crippen LogP) is 2.12. The van der Waals surface area contributed by atoms with Crippen LogP contribution in [0.25, 0.3) is 0 Å². The molecule has 0 unspecified atom stereocenters. The third kappa shape index (κ3) is 7.11. The van der Waals surface area contributed by atoms with Gasteiger partial charge in [0.05, 0.1) is 13.1 Å². The number of hydrogen-bond acceptors (Lipinski definition) is 3. The molecular formula is C15H22ClN3O2. The number of likely N-dealkylation sites (N-methyl/N-ethyl adjacent to an activating group) is 1. The number of carbonyl (C=O) groups excluding carboxylic acids is 2. The second-order valence-electron chi connectivity index (χ2n) is 5.10. The van der Waals surface area contributed by atoms with Gasteiger partial charge < -0.3 is 10.6 Å². The Morgan fingerprint density at radius 3 is 2.33 bits per heavy atom. The zero-order valence-electron chi connectivity index (χ0n) is 12.6. The van der Waals surface area contributed by atoms with Crippen LogP contribution in [0.15, 0.2) is 24.3 Å². The minimum Gasteiger partial charge on any atom is -0.353 e. The highest BCUT2D eigenvalue weighted by molar-refractivity contribution is 6.30. The van der Waals surface area contributed by atoms with Gasteiger partial charge in [0.15, 0.2) is 0 Å². The Hall–Kier alpha value is -1.59. The summed E-state index contributed by atoms with van der Waals surface area (Å²) < 4.78 is 0. The van der Waals surface area contributed by atoms with Gasteiger partial charge >= 0.3 is 0 Å².